The average molecular weight is 528 g/mol. The number of piperidine rings is 1. The minimum Gasteiger partial charge on any atom is -0.345 e. The molecule has 0 bridgehead atoms. The van der Waals surface area contributed by atoms with Crippen molar-refractivity contribution >= 4 is 45.5 Å². The third-order valence-corrected chi connectivity index (χ3v) is 7.94. The van der Waals surface area contributed by atoms with Crippen molar-refractivity contribution in [3.63, 3.8) is 0 Å². The number of nitrogens with one attached hydrogen (secondary N) is 1. The van der Waals surface area contributed by atoms with Gasteiger partial charge in [0.1, 0.15) is 11.5 Å². The number of pyridine rings is 1. The monoisotopic (exact) mass is 527 g/mol. The van der Waals surface area contributed by atoms with E-state index in [1.165, 1.54) is 12.1 Å². The molecule has 11 heteroatoms. The number of rotatable bonds is 2. The van der Waals surface area contributed by atoms with Gasteiger partial charge in [0.15, 0.2) is 0 Å². The molecule has 0 radical (unpaired) electrons. The third-order valence-electron chi connectivity index (χ3n) is 7.94. The van der Waals surface area contributed by atoms with E-state index in [0.717, 1.165) is 18.4 Å². The van der Waals surface area contributed by atoms with E-state index in [-0.39, 0.29) is 29.8 Å². The predicted molar refractivity (Wildman–Crippen MR) is 142 cm³/mol. The van der Waals surface area contributed by atoms with Crippen molar-refractivity contribution in [3.8, 4) is 0 Å². The van der Waals surface area contributed by atoms with Gasteiger partial charge in [-0.25, -0.2) is 14.2 Å². The number of halogens is 1. The summed E-state index contributed by atoms with van der Waals surface area (Å²) in [6, 6.07) is 8.33. The maximum Gasteiger partial charge on any atom is 0.320 e. The van der Waals surface area contributed by atoms with Crippen LogP contribution in [0, 0.1) is 5.82 Å². The van der Waals surface area contributed by atoms with Crippen molar-refractivity contribution in [2.75, 3.05) is 19.6 Å². The molecule has 0 spiro atoms. The molecular weight excluding hydrogens is 501 g/mol. The second-order valence-corrected chi connectivity index (χ2v) is 10.3. The number of aromatic nitrogens is 3. The van der Waals surface area contributed by atoms with Crippen molar-refractivity contribution in [3.05, 3.63) is 71.6 Å². The van der Waals surface area contributed by atoms with Gasteiger partial charge in [-0.15, -0.1) is 0 Å². The lowest BCUT2D eigenvalue weighted by atomic mass is 9.98. The maximum absolute atomic E-state index is 15.1. The Kier molecular flexibility index (Phi) is 5.31. The number of nitrogens with two attached hydrogens (primary N) is 1. The van der Waals surface area contributed by atoms with E-state index in [1.807, 2.05) is 27.7 Å². The number of nitrogens with zero attached hydrogens (tertiary/aromatic N) is 5. The molecule has 0 atom stereocenters. The maximum atomic E-state index is 15.1. The molecule has 1 saturated heterocycles. The number of carbonyl (C=O) groups is 3. The fraction of sp³-hybridized carbons (Fsp3) is 0.286. The first-order valence-electron chi connectivity index (χ1n) is 13.0. The zero-order valence-electron chi connectivity index (χ0n) is 21.1. The summed E-state index contributed by atoms with van der Waals surface area (Å²) in [7, 11) is 0. The molecule has 3 N–H and O–H groups in total. The molecule has 0 aliphatic carbocycles. The molecule has 7 rings (SSSR count). The van der Waals surface area contributed by atoms with Crippen LogP contribution in [0.1, 0.15) is 29.7 Å². The minimum atomic E-state index is -0.539. The molecule has 4 amide bonds. The van der Waals surface area contributed by atoms with E-state index < -0.39 is 17.6 Å². The molecule has 39 heavy (non-hydrogen) atoms. The van der Waals surface area contributed by atoms with Crippen molar-refractivity contribution in [1.82, 2.24) is 29.1 Å². The SMILES string of the molecule is NC1CCN(C(=O)N2CCn3cc(C4=C(c5cnc6ccccn56)C(=O)NC4=O)c4cc(F)cc(c43)C2)CC1. The van der Waals surface area contributed by atoms with Gasteiger partial charge >= 0.3 is 6.03 Å². The highest BCUT2D eigenvalue weighted by Gasteiger charge is 2.36. The molecule has 1 aromatic carbocycles. The number of amides is 4. The Morgan fingerprint density at radius 1 is 1.03 bits per heavy atom. The van der Waals surface area contributed by atoms with Gasteiger partial charge in [0.25, 0.3) is 11.8 Å². The number of urea groups is 1. The van der Waals surface area contributed by atoms with Crippen LogP contribution >= 0.6 is 0 Å². The van der Waals surface area contributed by atoms with Gasteiger partial charge in [0, 0.05) is 62.1 Å². The largest absolute Gasteiger partial charge is 0.345 e. The van der Waals surface area contributed by atoms with Gasteiger partial charge in [-0.1, -0.05) is 6.07 Å². The van der Waals surface area contributed by atoms with Crippen LogP contribution in [-0.4, -0.2) is 67.3 Å². The van der Waals surface area contributed by atoms with Crippen LogP contribution in [0.5, 0.6) is 0 Å². The molecule has 4 aromatic rings. The highest BCUT2D eigenvalue weighted by Crippen LogP contribution is 2.38. The number of benzene rings is 1. The standard InChI is InChI=1S/C28H26FN7O3/c29-17-11-16-14-35(28(39)33-7-4-18(30)5-8-33)10-9-34-15-20(19(12-17)25(16)34)23-24(27(38)32-26(23)37)21-13-31-22-3-1-2-6-36(21)22/h1-3,6,11-13,15,18H,4-5,7-10,14,30H2,(H,32,37,38). The van der Waals surface area contributed by atoms with Gasteiger partial charge in [0.2, 0.25) is 0 Å². The van der Waals surface area contributed by atoms with E-state index in [1.54, 1.807) is 27.9 Å². The summed E-state index contributed by atoms with van der Waals surface area (Å²) in [6.45, 7) is 2.33. The number of carbonyl (C=O) groups excluding carboxylic acids is 3. The Labute approximate surface area is 222 Å². The Morgan fingerprint density at radius 2 is 1.82 bits per heavy atom. The molecule has 3 aliphatic rings. The van der Waals surface area contributed by atoms with E-state index in [2.05, 4.69) is 10.3 Å². The van der Waals surface area contributed by atoms with Crippen molar-refractivity contribution in [1.29, 1.82) is 0 Å². The summed E-state index contributed by atoms with van der Waals surface area (Å²) in [6.07, 6.45) is 6.65. The lowest BCUT2D eigenvalue weighted by Gasteiger charge is -2.34. The molecule has 0 saturated carbocycles. The Hall–Kier alpha value is -4.51. The lowest BCUT2D eigenvalue weighted by Crippen LogP contribution is -2.49. The molecule has 10 nitrogen and oxygen atoms in total. The quantitative estimate of drug-likeness (QED) is 0.388. The first-order valence-corrected chi connectivity index (χ1v) is 13.0. The van der Waals surface area contributed by atoms with Crippen molar-refractivity contribution < 1.29 is 18.8 Å². The smallest absolute Gasteiger partial charge is 0.320 e. The summed E-state index contributed by atoms with van der Waals surface area (Å²) in [5.74, 6) is -1.54. The summed E-state index contributed by atoms with van der Waals surface area (Å²) in [4.78, 5) is 47.5. The number of imide groups is 1. The fourth-order valence-corrected chi connectivity index (χ4v) is 6.03. The highest BCUT2D eigenvalue weighted by atomic mass is 19.1. The molecule has 3 aliphatic heterocycles. The Bertz CT molecular complexity index is 1730. The number of hydrogen-bond acceptors (Lipinski definition) is 5. The predicted octanol–water partition coefficient (Wildman–Crippen LogP) is 2.35. The number of likely N-dealkylation sites (tertiary alicyclic amines) is 1. The lowest BCUT2D eigenvalue weighted by molar-refractivity contribution is -0.122. The van der Waals surface area contributed by atoms with Crippen LogP contribution in [0.25, 0.3) is 27.7 Å². The third kappa shape index (κ3) is 3.72. The van der Waals surface area contributed by atoms with E-state index >= 15 is 4.39 Å². The van der Waals surface area contributed by atoms with Gasteiger partial charge in [-0.3, -0.25) is 19.3 Å². The second-order valence-electron chi connectivity index (χ2n) is 10.3. The van der Waals surface area contributed by atoms with Gasteiger partial charge < -0.3 is 20.1 Å². The molecular formula is C28H26FN7O3. The molecule has 3 aromatic heterocycles. The number of imidazole rings is 1. The Balaban J connectivity index is 1.34. The summed E-state index contributed by atoms with van der Waals surface area (Å²) in [5, 5.41) is 2.94. The first-order chi connectivity index (χ1) is 18.9. The number of fused-ring (bicyclic) bond motifs is 1. The average Bonchev–Trinajstić information content (AvgIpc) is 3.54. The van der Waals surface area contributed by atoms with Crippen LogP contribution < -0.4 is 11.1 Å². The van der Waals surface area contributed by atoms with Crippen LogP contribution in [-0.2, 0) is 22.7 Å². The summed E-state index contributed by atoms with van der Waals surface area (Å²) in [5.41, 5.74) is 9.38. The van der Waals surface area contributed by atoms with Gasteiger partial charge in [0.05, 0.1) is 28.6 Å². The highest BCUT2D eigenvalue weighted by molar-refractivity contribution is 6.49. The van der Waals surface area contributed by atoms with E-state index in [4.69, 9.17) is 5.73 Å². The fourth-order valence-electron chi connectivity index (χ4n) is 6.03. The zero-order valence-corrected chi connectivity index (χ0v) is 21.1. The normalized spacial score (nSPS) is 18.4. The molecule has 0 unspecified atom stereocenters. The van der Waals surface area contributed by atoms with Crippen LogP contribution in [0.4, 0.5) is 9.18 Å². The van der Waals surface area contributed by atoms with Gasteiger partial charge in [-0.2, -0.15) is 0 Å². The zero-order chi connectivity index (χ0) is 26.8. The van der Waals surface area contributed by atoms with Crippen LogP contribution in [0.3, 0.4) is 0 Å². The van der Waals surface area contributed by atoms with Gasteiger partial charge in [-0.05, 0) is 42.7 Å². The number of hydrogen-bond donors (Lipinski definition) is 2. The minimum absolute atomic E-state index is 0.0799. The Morgan fingerprint density at radius 3 is 2.64 bits per heavy atom. The van der Waals surface area contributed by atoms with Crippen LogP contribution in [0.2, 0.25) is 0 Å². The second kappa shape index (κ2) is 8.77. The summed E-state index contributed by atoms with van der Waals surface area (Å²) >= 11 is 0. The molecule has 198 valence electrons. The summed E-state index contributed by atoms with van der Waals surface area (Å²) < 4.78 is 18.8. The topological polar surface area (TPSA) is 118 Å². The first kappa shape index (κ1) is 23.6. The van der Waals surface area contributed by atoms with E-state index in [0.29, 0.717) is 54.0 Å². The van der Waals surface area contributed by atoms with Crippen molar-refractivity contribution in [2.45, 2.75) is 32.0 Å². The van der Waals surface area contributed by atoms with E-state index in [9.17, 15) is 14.4 Å². The molecule has 6 heterocycles. The molecule has 1 fully saturated rings. The van der Waals surface area contributed by atoms with Crippen molar-refractivity contribution in [2.24, 2.45) is 5.73 Å². The van der Waals surface area contributed by atoms with Crippen LogP contribution in [0.15, 0.2) is 48.9 Å².